The van der Waals surface area contributed by atoms with Crippen molar-refractivity contribution < 1.29 is 0 Å². The minimum absolute atomic E-state index is 0.491. The lowest BCUT2D eigenvalue weighted by atomic mass is 10.0. The molecule has 0 saturated heterocycles. The van der Waals surface area contributed by atoms with E-state index in [1.54, 1.807) is 12.4 Å². The van der Waals surface area contributed by atoms with Crippen molar-refractivity contribution in [1.82, 2.24) is 9.97 Å². The molecule has 0 unspecified atom stereocenters. The van der Waals surface area contributed by atoms with Crippen molar-refractivity contribution >= 4 is 12.2 Å². The van der Waals surface area contributed by atoms with E-state index in [2.05, 4.69) is 16.0 Å². The van der Waals surface area contributed by atoms with Gasteiger partial charge in [-0.05, 0) is 18.6 Å². The monoisotopic (exact) mass is 241 g/mol. The zero-order chi connectivity index (χ0) is 12.3. The van der Waals surface area contributed by atoms with Crippen LogP contribution in [-0.2, 0) is 6.42 Å². The van der Waals surface area contributed by atoms with E-state index < -0.39 is 0 Å². The first-order valence-electron chi connectivity index (χ1n) is 5.33. The molecule has 2 aromatic rings. The Labute approximate surface area is 105 Å². The molecule has 2 aromatic heterocycles. The summed E-state index contributed by atoms with van der Waals surface area (Å²) in [5, 5.41) is 9.17. The van der Waals surface area contributed by atoms with Crippen LogP contribution in [0.1, 0.15) is 18.2 Å². The number of nitrogens with one attached hydrogen (secondary N) is 1. The summed E-state index contributed by atoms with van der Waals surface area (Å²) in [5.41, 5.74) is 3.29. The van der Waals surface area contributed by atoms with Crippen LogP contribution in [0.2, 0.25) is 0 Å². The summed E-state index contributed by atoms with van der Waals surface area (Å²) in [6.07, 6.45) is 4.30. The lowest BCUT2D eigenvalue weighted by Gasteiger charge is -2.06. The van der Waals surface area contributed by atoms with Gasteiger partial charge >= 0.3 is 0 Å². The molecule has 0 amide bonds. The van der Waals surface area contributed by atoms with Gasteiger partial charge in [0.25, 0.3) is 0 Å². The Bertz CT molecular complexity index is 623. The molecule has 0 saturated carbocycles. The van der Waals surface area contributed by atoms with Crippen LogP contribution in [0.5, 0.6) is 0 Å². The van der Waals surface area contributed by atoms with Crippen molar-refractivity contribution in [3.8, 4) is 17.2 Å². The van der Waals surface area contributed by atoms with Crippen LogP contribution < -0.4 is 0 Å². The lowest BCUT2D eigenvalue weighted by Crippen LogP contribution is -1.94. The second-order valence-corrected chi connectivity index (χ2v) is 4.03. The van der Waals surface area contributed by atoms with Crippen LogP contribution in [-0.4, -0.2) is 9.97 Å². The molecule has 0 atom stereocenters. The average Bonchev–Trinajstić information content (AvgIpc) is 2.38. The van der Waals surface area contributed by atoms with E-state index >= 15 is 0 Å². The third kappa shape index (κ3) is 2.24. The van der Waals surface area contributed by atoms with Gasteiger partial charge in [0.05, 0.1) is 5.56 Å². The summed E-state index contributed by atoms with van der Waals surface area (Å²) in [6, 6.07) is 7.89. The van der Waals surface area contributed by atoms with Crippen molar-refractivity contribution in [1.29, 1.82) is 5.26 Å². The molecule has 0 aliphatic rings. The smallest absolute Gasteiger partial charge is 0.122 e. The molecular formula is C13H11N3S. The van der Waals surface area contributed by atoms with Crippen LogP contribution in [0.4, 0.5) is 0 Å². The van der Waals surface area contributed by atoms with Gasteiger partial charge in [-0.2, -0.15) is 5.26 Å². The molecule has 3 nitrogen and oxygen atoms in total. The highest BCUT2D eigenvalue weighted by atomic mass is 32.1. The van der Waals surface area contributed by atoms with Crippen molar-refractivity contribution in [3.05, 3.63) is 46.5 Å². The van der Waals surface area contributed by atoms with E-state index in [0.29, 0.717) is 10.2 Å². The summed E-state index contributed by atoms with van der Waals surface area (Å²) in [6.45, 7) is 2.04. The molecule has 84 valence electrons. The number of hydrogen-bond donors (Lipinski definition) is 1. The van der Waals surface area contributed by atoms with Gasteiger partial charge in [0.1, 0.15) is 10.7 Å². The molecule has 2 heterocycles. The Morgan fingerprint density at radius 3 is 2.94 bits per heavy atom. The van der Waals surface area contributed by atoms with Crippen LogP contribution >= 0.6 is 12.2 Å². The number of pyridine rings is 2. The molecule has 0 aliphatic heterocycles. The van der Waals surface area contributed by atoms with Gasteiger partial charge in [-0.25, -0.2) is 0 Å². The molecular weight excluding hydrogens is 230 g/mol. The fraction of sp³-hybridized carbons (Fsp3) is 0.154. The Morgan fingerprint density at radius 2 is 2.35 bits per heavy atom. The molecule has 4 heteroatoms. The standard InChI is InChI=1S/C13H11N3S/c1-2-10-6-11(9-4-3-5-15-8-9)12(7-14)13(17)16-10/h3-6,8H,2H2,1H3,(H,16,17). The Hall–Kier alpha value is -1.99. The SMILES string of the molecule is CCc1cc(-c2cccnc2)c(C#N)c(=S)[nH]1. The highest BCUT2D eigenvalue weighted by molar-refractivity contribution is 7.71. The summed E-state index contributed by atoms with van der Waals surface area (Å²) in [7, 11) is 0. The van der Waals surface area contributed by atoms with E-state index in [4.69, 9.17) is 17.5 Å². The maximum atomic E-state index is 9.17. The number of nitrogens with zero attached hydrogens (tertiary/aromatic N) is 2. The number of H-pyrrole nitrogens is 1. The molecule has 1 N–H and O–H groups in total. The highest BCUT2D eigenvalue weighted by Crippen LogP contribution is 2.23. The number of aromatic nitrogens is 2. The zero-order valence-corrected chi connectivity index (χ0v) is 10.2. The van der Waals surface area contributed by atoms with E-state index in [9.17, 15) is 0 Å². The summed E-state index contributed by atoms with van der Waals surface area (Å²) >= 11 is 5.19. The van der Waals surface area contributed by atoms with Crippen molar-refractivity contribution in [2.75, 3.05) is 0 Å². The number of aryl methyl sites for hydroxylation is 1. The van der Waals surface area contributed by atoms with Gasteiger partial charge in [-0.3, -0.25) is 4.98 Å². The minimum atomic E-state index is 0.491. The van der Waals surface area contributed by atoms with Gasteiger partial charge in [0, 0.05) is 29.2 Å². The van der Waals surface area contributed by atoms with E-state index in [0.717, 1.165) is 23.2 Å². The molecule has 0 radical (unpaired) electrons. The first kappa shape index (κ1) is 11.5. The number of aromatic amines is 1. The average molecular weight is 241 g/mol. The summed E-state index contributed by atoms with van der Waals surface area (Å²) in [5.74, 6) is 0. The predicted molar refractivity (Wildman–Crippen MR) is 69.0 cm³/mol. The van der Waals surface area contributed by atoms with E-state index in [1.807, 2.05) is 25.1 Å². The van der Waals surface area contributed by atoms with Crippen LogP contribution in [0.25, 0.3) is 11.1 Å². The third-order valence-corrected chi connectivity index (χ3v) is 2.86. The largest absolute Gasteiger partial charge is 0.349 e. The van der Waals surface area contributed by atoms with Crippen molar-refractivity contribution in [2.24, 2.45) is 0 Å². The number of rotatable bonds is 2. The first-order valence-corrected chi connectivity index (χ1v) is 5.73. The fourth-order valence-electron chi connectivity index (χ4n) is 1.66. The Balaban J connectivity index is 2.72. The van der Waals surface area contributed by atoms with Crippen LogP contribution in [0, 0.1) is 16.0 Å². The normalized spacial score (nSPS) is 9.88. The Kier molecular flexibility index (Phi) is 3.31. The maximum Gasteiger partial charge on any atom is 0.122 e. The Morgan fingerprint density at radius 1 is 1.53 bits per heavy atom. The zero-order valence-electron chi connectivity index (χ0n) is 9.40. The van der Waals surface area contributed by atoms with Crippen LogP contribution in [0.3, 0.4) is 0 Å². The van der Waals surface area contributed by atoms with Gasteiger partial charge < -0.3 is 4.98 Å². The third-order valence-electron chi connectivity index (χ3n) is 2.55. The topological polar surface area (TPSA) is 52.5 Å². The predicted octanol–water partition coefficient (Wildman–Crippen LogP) is 3.24. The number of nitriles is 1. The minimum Gasteiger partial charge on any atom is -0.349 e. The van der Waals surface area contributed by atoms with E-state index in [1.165, 1.54) is 0 Å². The molecule has 2 rings (SSSR count). The fourth-order valence-corrected chi connectivity index (χ4v) is 1.95. The first-order chi connectivity index (χ1) is 8.26. The maximum absolute atomic E-state index is 9.17. The quantitative estimate of drug-likeness (QED) is 0.821. The molecule has 0 bridgehead atoms. The molecule has 0 spiro atoms. The van der Waals surface area contributed by atoms with Gasteiger partial charge in [-0.15, -0.1) is 0 Å². The number of hydrogen-bond acceptors (Lipinski definition) is 3. The summed E-state index contributed by atoms with van der Waals surface area (Å²) < 4.78 is 0.491. The molecule has 0 aromatic carbocycles. The van der Waals surface area contributed by atoms with Crippen LogP contribution in [0.15, 0.2) is 30.6 Å². The van der Waals surface area contributed by atoms with Gasteiger partial charge in [0.2, 0.25) is 0 Å². The second kappa shape index (κ2) is 4.89. The molecule has 17 heavy (non-hydrogen) atoms. The lowest BCUT2D eigenvalue weighted by molar-refractivity contribution is 1.02. The second-order valence-electron chi connectivity index (χ2n) is 3.62. The van der Waals surface area contributed by atoms with Crippen molar-refractivity contribution in [3.63, 3.8) is 0 Å². The highest BCUT2D eigenvalue weighted by Gasteiger charge is 2.08. The molecule has 0 aliphatic carbocycles. The van der Waals surface area contributed by atoms with Crippen molar-refractivity contribution in [2.45, 2.75) is 13.3 Å². The molecule has 0 fully saturated rings. The van der Waals surface area contributed by atoms with Gasteiger partial charge in [0.15, 0.2) is 0 Å². The van der Waals surface area contributed by atoms with E-state index in [-0.39, 0.29) is 0 Å². The van der Waals surface area contributed by atoms with Gasteiger partial charge in [-0.1, -0.05) is 25.2 Å². The summed E-state index contributed by atoms with van der Waals surface area (Å²) in [4.78, 5) is 7.13.